The van der Waals surface area contributed by atoms with Crippen molar-refractivity contribution in [1.82, 2.24) is 0 Å². The zero-order valence-electron chi connectivity index (χ0n) is 57.1. The van der Waals surface area contributed by atoms with E-state index in [0.717, 1.165) is 25.7 Å². The Kier molecular flexibility index (Phi) is 45.2. The van der Waals surface area contributed by atoms with Gasteiger partial charge in [0, 0.05) is 6.61 Å². The fourth-order valence-electron chi connectivity index (χ4n) is 17.0. The van der Waals surface area contributed by atoms with Crippen LogP contribution in [0.2, 0.25) is 0 Å². The van der Waals surface area contributed by atoms with E-state index in [1.165, 1.54) is 276 Å². The summed E-state index contributed by atoms with van der Waals surface area (Å²) in [5.74, 6) is 2.82. The quantitative estimate of drug-likeness (QED) is 0.0532. The molecule has 0 saturated heterocycles. The molecule has 0 aliphatic heterocycles. The zero-order valence-corrected chi connectivity index (χ0v) is 57.1. The van der Waals surface area contributed by atoms with Crippen LogP contribution < -0.4 is 0 Å². The molecule has 0 spiro atoms. The Bertz CT molecular complexity index is 1320. The number of unbranched alkanes of at least 4 members (excludes halogenated alkanes) is 31. The maximum Gasteiger partial charge on any atom is 0.0517 e. The van der Waals surface area contributed by atoms with Gasteiger partial charge in [-0.15, -0.1) is 0 Å². The van der Waals surface area contributed by atoms with Gasteiger partial charge in [0.2, 0.25) is 0 Å². The molecule has 8 atom stereocenters. The van der Waals surface area contributed by atoms with E-state index in [9.17, 15) is 15.3 Å². The minimum atomic E-state index is -0.474. The molecule has 0 rings (SSSR count). The van der Waals surface area contributed by atoms with Crippen LogP contribution in [0.25, 0.3) is 0 Å². The molecule has 0 aromatic carbocycles. The molecule has 0 aromatic heterocycles. The van der Waals surface area contributed by atoms with Gasteiger partial charge in [-0.1, -0.05) is 341 Å². The first kappa shape index (κ1) is 77.9. The van der Waals surface area contributed by atoms with Crippen molar-refractivity contribution in [3.05, 3.63) is 5.92 Å². The Balaban J connectivity index is 8.58. The van der Waals surface area contributed by atoms with E-state index >= 15 is 0 Å². The predicted octanol–water partition coefficient (Wildman–Crippen LogP) is 25.1. The second-order valence-corrected chi connectivity index (χ2v) is 29.3. The van der Waals surface area contributed by atoms with Crippen molar-refractivity contribution >= 4 is 0 Å². The normalized spacial score (nSPS) is 17.4. The van der Waals surface area contributed by atoms with Crippen molar-refractivity contribution in [2.24, 2.45) is 44.3 Å². The second kappa shape index (κ2) is 45.3. The van der Waals surface area contributed by atoms with Gasteiger partial charge >= 0.3 is 0 Å². The highest BCUT2D eigenvalue weighted by molar-refractivity contribution is 5.29. The fourth-order valence-corrected chi connectivity index (χ4v) is 17.0. The lowest BCUT2D eigenvalue weighted by Crippen LogP contribution is -2.63. The molecule has 0 bridgehead atoms. The van der Waals surface area contributed by atoms with Crippen LogP contribution in [0.4, 0.5) is 0 Å². The molecular weight excluding hydrogens is 949 g/mol. The summed E-state index contributed by atoms with van der Waals surface area (Å²) in [6.45, 7) is 40.2. The Morgan fingerprint density at radius 3 is 1.03 bits per heavy atom. The smallest absolute Gasteiger partial charge is 0.0517 e. The van der Waals surface area contributed by atoms with Crippen LogP contribution in [0.15, 0.2) is 0 Å². The monoisotopic (exact) mass is 1100 g/mol. The van der Waals surface area contributed by atoms with Crippen molar-refractivity contribution in [3.63, 3.8) is 0 Å². The van der Waals surface area contributed by atoms with Crippen molar-refractivity contribution in [3.8, 4) is 0 Å². The summed E-state index contributed by atoms with van der Waals surface area (Å²) in [4.78, 5) is 0. The van der Waals surface area contributed by atoms with Crippen LogP contribution >= 0.6 is 0 Å². The minimum absolute atomic E-state index is 0.00239. The van der Waals surface area contributed by atoms with Crippen molar-refractivity contribution < 1.29 is 15.3 Å². The molecule has 8 unspecified atom stereocenters. The van der Waals surface area contributed by atoms with Gasteiger partial charge in [0.05, 0.1) is 12.2 Å². The molecule has 0 aliphatic rings. The lowest BCUT2D eigenvalue weighted by Gasteiger charge is -2.70. The van der Waals surface area contributed by atoms with Crippen LogP contribution in [0.5, 0.6) is 0 Å². The van der Waals surface area contributed by atoms with Crippen LogP contribution in [0, 0.1) is 50.2 Å². The molecule has 469 valence electrons. The Morgan fingerprint density at radius 2 is 0.667 bits per heavy atom. The Morgan fingerprint density at radius 1 is 0.346 bits per heavy atom. The van der Waals surface area contributed by atoms with Crippen molar-refractivity contribution in [2.75, 3.05) is 6.61 Å². The maximum absolute atomic E-state index is 12.4. The Labute approximate surface area is 494 Å². The van der Waals surface area contributed by atoms with Gasteiger partial charge in [-0.25, -0.2) is 0 Å². The molecule has 78 heavy (non-hydrogen) atoms. The number of hydrogen-bond acceptors (Lipinski definition) is 3. The topological polar surface area (TPSA) is 60.7 Å². The minimum Gasteiger partial charge on any atom is -0.396 e. The van der Waals surface area contributed by atoms with E-state index in [1.54, 1.807) is 5.92 Å². The summed E-state index contributed by atoms with van der Waals surface area (Å²) < 4.78 is 0. The SMILES string of the molecule is CCCCCCCCCCCCC(C)C(CCCCC)C(C)(C)C(CCC(C)O)(CC(C)O)C(C)(C)[C](C(C)(CCCCCC)CCCCCCCCCCCC)C(C)(CCO)C(C)(CCCCCC)CCCCCCCC. The summed E-state index contributed by atoms with van der Waals surface area (Å²) in [5.41, 5.74) is -1.13. The second-order valence-electron chi connectivity index (χ2n) is 29.3. The molecular formula is C75H151O3. The number of aliphatic hydroxyl groups excluding tert-OH is 3. The third-order valence-corrected chi connectivity index (χ3v) is 21.9. The van der Waals surface area contributed by atoms with Gasteiger partial charge in [0.1, 0.15) is 0 Å². The number of hydrogen-bond donors (Lipinski definition) is 3. The fraction of sp³-hybridized carbons (Fsp3) is 0.987. The van der Waals surface area contributed by atoms with Crippen LogP contribution in [-0.4, -0.2) is 34.1 Å². The van der Waals surface area contributed by atoms with Gasteiger partial charge in [0.25, 0.3) is 0 Å². The molecule has 0 fully saturated rings. The lowest BCUT2D eigenvalue weighted by atomic mass is 9.34. The number of rotatable bonds is 58. The molecule has 0 saturated carbocycles. The molecule has 3 nitrogen and oxygen atoms in total. The van der Waals surface area contributed by atoms with Crippen LogP contribution in [0.3, 0.4) is 0 Å². The molecule has 0 heterocycles. The molecule has 1 radical (unpaired) electrons. The van der Waals surface area contributed by atoms with E-state index in [4.69, 9.17) is 0 Å². The highest BCUT2D eigenvalue weighted by Crippen LogP contribution is 2.74. The average molecular weight is 1100 g/mol. The molecule has 0 aliphatic carbocycles. The largest absolute Gasteiger partial charge is 0.396 e. The highest BCUT2D eigenvalue weighted by atomic mass is 16.3. The molecule has 3 N–H and O–H groups in total. The first-order valence-corrected chi connectivity index (χ1v) is 36.0. The summed E-state index contributed by atoms with van der Waals surface area (Å²) in [7, 11) is 0. The van der Waals surface area contributed by atoms with E-state index in [0.29, 0.717) is 11.8 Å². The Hall–Kier alpha value is -0.120. The molecule has 3 heteroatoms. The third kappa shape index (κ3) is 28.2. The van der Waals surface area contributed by atoms with Gasteiger partial charge < -0.3 is 15.3 Å². The van der Waals surface area contributed by atoms with Gasteiger partial charge in [0.15, 0.2) is 0 Å². The van der Waals surface area contributed by atoms with Gasteiger partial charge in [-0.05, 0) is 122 Å². The van der Waals surface area contributed by atoms with E-state index < -0.39 is 12.2 Å². The first-order valence-electron chi connectivity index (χ1n) is 36.0. The van der Waals surface area contributed by atoms with Crippen molar-refractivity contribution in [1.29, 1.82) is 0 Å². The summed E-state index contributed by atoms with van der Waals surface area (Å²) in [5, 5.41) is 36.0. The maximum atomic E-state index is 12.4. The summed E-state index contributed by atoms with van der Waals surface area (Å²) >= 11 is 0. The van der Waals surface area contributed by atoms with Crippen LogP contribution in [-0.2, 0) is 0 Å². The zero-order chi connectivity index (χ0) is 58.8. The highest BCUT2D eigenvalue weighted by Gasteiger charge is 2.67. The van der Waals surface area contributed by atoms with Gasteiger partial charge in [-0.2, -0.15) is 0 Å². The first-order chi connectivity index (χ1) is 37.2. The predicted molar refractivity (Wildman–Crippen MR) is 352 cm³/mol. The van der Waals surface area contributed by atoms with E-state index in [2.05, 4.69) is 104 Å². The van der Waals surface area contributed by atoms with Gasteiger partial charge in [-0.3, -0.25) is 0 Å². The van der Waals surface area contributed by atoms with E-state index in [1.807, 2.05) is 6.92 Å². The molecule has 0 amide bonds. The molecule has 0 aromatic rings. The lowest BCUT2D eigenvalue weighted by molar-refractivity contribution is -0.161. The third-order valence-electron chi connectivity index (χ3n) is 21.9. The number of aliphatic hydroxyl groups is 3. The summed E-state index contributed by atoms with van der Waals surface area (Å²) in [6.07, 6.45) is 58.6. The van der Waals surface area contributed by atoms with Crippen molar-refractivity contribution in [2.45, 2.75) is 425 Å². The van der Waals surface area contributed by atoms with Crippen LogP contribution in [0.1, 0.15) is 413 Å². The average Bonchev–Trinajstić information content (AvgIpc) is 3.46. The summed E-state index contributed by atoms with van der Waals surface area (Å²) in [6, 6.07) is 0. The standard InChI is InChI=1S/C75H151O3/c1-17-23-29-34-37-39-41-43-45-49-54-65(7)68(55-48-28-22-6)70(10,11)75(64-67(9)78,61-56-66(8)77)71(12,13)69(72(14,57-50-32-26-20-4)58-51-46-44-42-40-38-35-30-24-18-2)74(16,62-63-76)73(15,59-52-33-27-21-5)60-53-47-36-31-25-19-3/h65-68,76-78H,17-64H2,1-16H3. The van der Waals surface area contributed by atoms with E-state index in [-0.39, 0.29) is 39.1 Å².